The van der Waals surface area contributed by atoms with E-state index in [-0.39, 0.29) is 36.5 Å². The zero-order chi connectivity index (χ0) is 22.3. The number of benzene rings is 3. The number of nitrogens with one attached hydrogen (secondary N) is 1. The number of fused-ring (bicyclic) bond motifs is 1. The minimum absolute atomic E-state index is 0.0718. The number of ether oxygens (including phenoxy) is 2. The zero-order valence-corrected chi connectivity index (χ0v) is 17.6. The number of rotatable bonds is 7. The monoisotopic (exact) mass is 433 g/mol. The van der Waals surface area contributed by atoms with Crippen molar-refractivity contribution in [3.63, 3.8) is 0 Å². The molecule has 1 aliphatic rings. The highest BCUT2D eigenvalue weighted by molar-refractivity contribution is 5.94. The maximum Gasteiger partial charge on any atom is 0.342 e. The summed E-state index contributed by atoms with van der Waals surface area (Å²) in [6.07, 6.45) is 2.86. The lowest BCUT2D eigenvalue weighted by Crippen LogP contribution is -2.34. The highest BCUT2D eigenvalue weighted by Crippen LogP contribution is 2.29. The Balaban J connectivity index is 1.33. The molecule has 0 aromatic heterocycles. The molecule has 4 rings (SSSR count). The van der Waals surface area contributed by atoms with E-state index in [1.54, 1.807) is 36.4 Å². The van der Waals surface area contributed by atoms with Gasteiger partial charge in [0.2, 0.25) is 0 Å². The van der Waals surface area contributed by atoms with E-state index in [4.69, 9.17) is 9.47 Å². The molecule has 1 aliphatic carbocycles. The molecule has 3 aromatic rings. The van der Waals surface area contributed by atoms with Gasteiger partial charge in [-0.3, -0.25) is 4.79 Å². The van der Waals surface area contributed by atoms with Gasteiger partial charge in [-0.2, -0.15) is 0 Å². The van der Waals surface area contributed by atoms with Crippen molar-refractivity contribution in [2.45, 2.75) is 31.9 Å². The third-order valence-electron chi connectivity index (χ3n) is 5.45. The lowest BCUT2D eigenvalue weighted by atomic mass is 9.88. The number of esters is 1. The van der Waals surface area contributed by atoms with Crippen LogP contribution in [0, 0.1) is 5.82 Å². The number of hydrogen-bond donors (Lipinski definition) is 1. The maximum atomic E-state index is 13.1. The normalized spacial score (nSPS) is 14.8. The number of para-hydroxylation sites is 1. The van der Waals surface area contributed by atoms with Gasteiger partial charge in [0.15, 0.2) is 6.61 Å². The first-order valence-electron chi connectivity index (χ1n) is 10.6. The summed E-state index contributed by atoms with van der Waals surface area (Å²) in [5, 5.41) is 2.97. The molecule has 1 N–H and O–H groups in total. The van der Waals surface area contributed by atoms with Crippen molar-refractivity contribution in [1.82, 2.24) is 5.32 Å². The van der Waals surface area contributed by atoms with Crippen molar-refractivity contribution in [3.05, 3.63) is 101 Å². The Bertz CT molecular complexity index is 1100. The predicted molar refractivity (Wildman–Crippen MR) is 118 cm³/mol. The fourth-order valence-electron chi connectivity index (χ4n) is 3.85. The van der Waals surface area contributed by atoms with Crippen LogP contribution < -0.4 is 10.1 Å². The summed E-state index contributed by atoms with van der Waals surface area (Å²) < 4.78 is 24.0. The Morgan fingerprint density at radius 2 is 1.72 bits per heavy atom. The first-order valence-corrected chi connectivity index (χ1v) is 10.6. The van der Waals surface area contributed by atoms with Crippen molar-refractivity contribution in [2.75, 3.05) is 6.61 Å². The Morgan fingerprint density at radius 1 is 0.969 bits per heavy atom. The van der Waals surface area contributed by atoms with Crippen LogP contribution in [0.5, 0.6) is 5.75 Å². The molecule has 0 saturated heterocycles. The molecule has 5 nitrogen and oxygen atoms in total. The van der Waals surface area contributed by atoms with Crippen LogP contribution in [0.1, 0.15) is 45.9 Å². The quantitative estimate of drug-likeness (QED) is 0.546. The van der Waals surface area contributed by atoms with Crippen LogP contribution in [0.15, 0.2) is 72.8 Å². The van der Waals surface area contributed by atoms with Crippen LogP contribution >= 0.6 is 0 Å². The van der Waals surface area contributed by atoms with Gasteiger partial charge in [-0.1, -0.05) is 48.5 Å². The van der Waals surface area contributed by atoms with E-state index in [9.17, 15) is 14.0 Å². The molecule has 1 atom stereocenters. The lowest BCUT2D eigenvalue weighted by Gasteiger charge is -2.26. The fourth-order valence-corrected chi connectivity index (χ4v) is 3.85. The van der Waals surface area contributed by atoms with Gasteiger partial charge >= 0.3 is 5.97 Å². The summed E-state index contributed by atoms with van der Waals surface area (Å²) in [5.41, 5.74) is 3.36. The minimum Gasteiger partial charge on any atom is -0.488 e. The zero-order valence-electron chi connectivity index (χ0n) is 17.6. The molecule has 0 spiro atoms. The molecule has 6 heteroatoms. The van der Waals surface area contributed by atoms with Crippen molar-refractivity contribution < 1.29 is 23.5 Å². The van der Waals surface area contributed by atoms with E-state index >= 15 is 0 Å². The summed E-state index contributed by atoms with van der Waals surface area (Å²) in [6.45, 7) is -0.198. The number of carbonyl (C=O) groups is 2. The van der Waals surface area contributed by atoms with Gasteiger partial charge in [-0.15, -0.1) is 0 Å². The SMILES string of the molecule is O=C(COC(=O)c1ccccc1OCc1ccc(F)cc1)NC1CCCc2ccccc21. The van der Waals surface area contributed by atoms with Crippen molar-refractivity contribution in [3.8, 4) is 5.75 Å². The molecule has 0 radical (unpaired) electrons. The van der Waals surface area contributed by atoms with E-state index in [0.29, 0.717) is 5.75 Å². The van der Waals surface area contributed by atoms with Crippen LogP contribution in [0.4, 0.5) is 4.39 Å². The number of halogens is 1. The Kier molecular flexibility index (Phi) is 6.80. The number of aryl methyl sites for hydroxylation is 1. The van der Waals surface area contributed by atoms with Gasteiger partial charge in [0.1, 0.15) is 23.7 Å². The number of amides is 1. The smallest absolute Gasteiger partial charge is 0.342 e. The minimum atomic E-state index is -0.640. The second-order valence-corrected chi connectivity index (χ2v) is 7.70. The number of hydrogen-bond acceptors (Lipinski definition) is 4. The molecule has 0 saturated carbocycles. The second-order valence-electron chi connectivity index (χ2n) is 7.70. The van der Waals surface area contributed by atoms with Crippen molar-refractivity contribution in [2.24, 2.45) is 0 Å². The lowest BCUT2D eigenvalue weighted by molar-refractivity contribution is -0.125. The van der Waals surface area contributed by atoms with Crippen LogP contribution in [-0.4, -0.2) is 18.5 Å². The third-order valence-corrected chi connectivity index (χ3v) is 5.45. The summed E-state index contributed by atoms with van der Waals surface area (Å²) >= 11 is 0. The third kappa shape index (κ3) is 5.32. The fraction of sp³-hybridized carbons (Fsp3) is 0.231. The standard InChI is InChI=1S/C26H24FNO4/c27-20-14-12-18(13-15-20)16-31-24-11-4-3-9-22(24)26(30)32-17-25(29)28-23-10-5-7-19-6-1-2-8-21(19)23/h1-4,6,8-9,11-15,23H,5,7,10,16-17H2,(H,28,29). The molecule has 164 valence electrons. The van der Waals surface area contributed by atoms with Gasteiger partial charge < -0.3 is 14.8 Å². The van der Waals surface area contributed by atoms with Gasteiger partial charge in [0, 0.05) is 0 Å². The van der Waals surface area contributed by atoms with Gasteiger partial charge in [0.05, 0.1) is 6.04 Å². The molecule has 0 aliphatic heterocycles. The summed E-state index contributed by atoms with van der Waals surface area (Å²) in [6, 6.07) is 20.6. The Hall–Kier alpha value is -3.67. The van der Waals surface area contributed by atoms with E-state index in [0.717, 1.165) is 30.4 Å². The van der Waals surface area contributed by atoms with Gasteiger partial charge in [-0.25, -0.2) is 9.18 Å². The molecule has 0 bridgehead atoms. The van der Waals surface area contributed by atoms with Gasteiger partial charge in [-0.05, 0) is 60.2 Å². The molecule has 3 aromatic carbocycles. The van der Waals surface area contributed by atoms with Crippen LogP contribution in [0.2, 0.25) is 0 Å². The highest BCUT2D eigenvalue weighted by atomic mass is 19.1. The number of carbonyl (C=O) groups excluding carboxylic acids is 2. The van der Waals surface area contributed by atoms with Crippen molar-refractivity contribution in [1.29, 1.82) is 0 Å². The van der Waals surface area contributed by atoms with Crippen LogP contribution in [-0.2, 0) is 22.6 Å². The second kappa shape index (κ2) is 10.1. The van der Waals surface area contributed by atoms with E-state index in [1.807, 2.05) is 18.2 Å². The topological polar surface area (TPSA) is 64.6 Å². The summed E-state index contributed by atoms with van der Waals surface area (Å²) in [7, 11) is 0. The predicted octanol–water partition coefficient (Wildman–Crippen LogP) is 4.76. The largest absolute Gasteiger partial charge is 0.488 e. The Morgan fingerprint density at radius 3 is 2.56 bits per heavy atom. The molecule has 1 amide bonds. The van der Waals surface area contributed by atoms with E-state index in [2.05, 4.69) is 11.4 Å². The molecular formula is C26H24FNO4. The van der Waals surface area contributed by atoms with E-state index < -0.39 is 5.97 Å². The summed E-state index contributed by atoms with van der Waals surface area (Å²) in [4.78, 5) is 25.0. The van der Waals surface area contributed by atoms with E-state index in [1.165, 1.54) is 17.7 Å². The maximum absolute atomic E-state index is 13.1. The molecule has 0 fully saturated rings. The average Bonchev–Trinajstić information content (AvgIpc) is 2.82. The average molecular weight is 433 g/mol. The van der Waals surface area contributed by atoms with Gasteiger partial charge in [0.25, 0.3) is 5.91 Å². The van der Waals surface area contributed by atoms with Crippen LogP contribution in [0.3, 0.4) is 0 Å². The first-order chi connectivity index (χ1) is 15.6. The summed E-state index contributed by atoms with van der Waals surface area (Å²) in [5.74, 6) is -0.972. The Labute approximate surface area is 186 Å². The van der Waals surface area contributed by atoms with Crippen LogP contribution in [0.25, 0.3) is 0 Å². The molecule has 0 heterocycles. The molecule has 32 heavy (non-hydrogen) atoms. The highest BCUT2D eigenvalue weighted by Gasteiger charge is 2.22. The molecular weight excluding hydrogens is 409 g/mol. The molecule has 1 unspecified atom stereocenters. The first kappa shape index (κ1) is 21.6. The van der Waals surface area contributed by atoms with Crippen molar-refractivity contribution >= 4 is 11.9 Å².